The second kappa shape index (κ2) is 6.61. The zero-order valence-electron chi connectivity index (χ0n) is 10.2. The molecule has 0 saturated carbocycles. The van der Waals surface area contributed by atoms with Crippen LogP contribution in [-0.4, -0.2) is 22.3 Å². The third-order valence-electron chi connectivity index (χ3n) is 2.44. The molecule has 0 spiro atoms. The first kappa shape index (κ1) is 14.8. The molecule has 3 atom stereocenters. The molecule has 0 heterocycles. The minimum atomic E-state index is -0.844. The Morgan fingerprint density at radius 2 is 2.12 bits per heavy atom. The summed E-state index contributed by atoms with van der Waals surface area (Å²) in [7, 11) is -0.844. The largest absolute Gasteiger partial charge is 0.307 e. The van der Waals surface area contributed by atoms with E-state index in [1.54, 1.807) is 18.4 Å². The van der Waals surface area contributed by atoms with Gasteiger partial charge in [0.05, 0.1) is 0 Å². The first-order valence-corrected chi connectivity index (χ1v) is 7.93. The Labute approximate surface area is 113 Å². The third kappa shape index (κ3) is 4.85. The predicted octanol–water partition coefficient (Wildman–Crippen LogP) is 3.01. The maximum Gasteiger partial charge on any atom is 0.128 e. The molecule has 0 aliphatic rings. The fourth-order valence-electron chi connectivity index (χ4n) is 1.76. The normalized spacial score (nSPS) is 16.5. The molecule has 96 valence electrons. The maximum absolute atomic E-state index is 13.6. The summed E-state index contributed by atoms with van der Waals surface area (Å²) in [6, 6.07) is 4.87. The van der Waals surface area contributed by atoms with Gasteiger partial charge in [-0.1, -0.05) is 15.9 Å². The molecule has 0 aromatic heterocycles. The van der Waals surface area contributed by atoms with Gasteiger partial charge in [0.1, 0.15) is 5.82 Å². The predicted molar refractivity (Wildman–Crippen MR) is 74.0 cm³/mol. The topological polar surface area (TPSA) is 29.1 Å². The molecule has 0 bridgehead atoms. The first-order chi connectivity index (χ1) is 7.90. The van der Waals surface area contributed by atoms with Crippen LogP contribution in [0.2, 0.25) is 0 Å². The standard InChI is InChI=1S/C12H17BrFNOS/c1-8(7-17(3)16)15-9(2)11-6-10(13)4-5-12(11)14/h4-6,8-9,15H,7H2,1-3H3. The van der Waals surface area contributed by atoms with E-state index in [0.717, 1.165) is 4.47 Å². The van der Waals surface area contributed by atoms with Crippen LogP contribution in [0, 0.1) is 5.82 Å². The summed E-state index contributed by atoms with van der Waals surface area (Å²) in [5, 5.41) is 3.24. The van der Waals surface area contributed by atoms with E-state index in [1.807, 2.05) is 13.8 Å². The minimum absolute atomic E-state index is 0.0919. The summed E-state index contributed by atoms with van der Waals surface area (Å²) in [6.07, 6.45) is 1.67. The number of benzene rings is 1. The minimum Gasteiger partial charge on any atom is -0.307 e. The van der Waals surface area contributed by atoms with Crippen molar-refractivity contribution < 1.29 is 8.60 Å². The Bertz CT molecular complexity index is 413. The van der Waals surface area contributed by atoms with Crippen molar-refractivity contribution in [2.75, 3.05) is 12.0 Å². The lowest BCUT2D eigenvalue weighted by Crippen LogP contribution is -2.33. The Hall–Kier alpha value is -0.260. The van der Waals surface area contributed by atoms with Crippen LogP contribution in [0.15, 0.2) is 22.7 Å². The smallest absolute Gasteiger partial charge is 0.128 e. The van der Waals surface area contributed by atoms with Gasteiger partial charge in [0.15, 0.2) is 0 Å². The van der Waals surface area contributed by atoms with Gasteiger partial charge in [0.2, 0.25) is 0 Å². The van der Waals surface area contributed by atoms with Crippen molar-refractivity contribution in [3.05, 3.63) is 34.1 Å². The van der Waals surface area contributed by atoms with Crippen molar-refractivity contribution in [3.63, 3.8) is 0 Å². The average molecular weight is 322 g/mol. The lowest BCUT2D eigenvalue weighted by Gasteiger charge is -2.20. The molecule has 2 nitrogen and oxygen atoms in total. The Kier molecular flexibility index (Phi) is 5.76. The Morgan fingerprint density at radius 1 is 1.47 bits per heavy atom. The molecular formula is C12H17BrFNOS. The highest BCUT2D eigenvalue weighted by molar-refractivity contribution is 9.10. The molecule has 0 amide bonds. The van der Waals surface area contributed by atoms with Crippen molar-refractivity contribution in [3.8, 4) is 0 Å². The van der Waals surface area contributed by atoms with Gasteiger partial charge < -0.3 is 5.32 Å². The molecule has 1 aromatic rings. The highest BCUT2D eigenvalue weighted by Gasteiger charge is 2.14. The summed E-state index contributed by atoms with van der Waals surface area (Å²) in [6.45, 7) is 3.85. The molecule has 0 radical (unpaired) electrons. The van der Waals surface area contributed by atoms with E-state index < -0.39 is 10.8 Å². The van der Waals surface area contributed by atoms with Gasteiger partial charge in [-0.05, 0) is 32.0 Å². The fraction of sp³-hybridized carbons (Fsp3) is 0.500. The number of hydrogen-bond donors (Lipinski definition) is 1. The van der Waals surface area contributed by atoms with E-state index in [4.69, 9.17) is 0 Å². The highest BCUT2D eigenvalue weighted by atomic mass is 79.9. The van der Waals surface area contributed by atoms with Crippen LogP contribution < -0.4 is 5.32 Å². The molecular weight excluding hydrogens is 305 g/mol. The van der Waals surface area contributed by atoms with Crippen molar-refractivity contribution in [2.45, 2.75) is 25.9 Å². The monoisotopic (exact) mass is 321 g/mol. The number of hydrogen-bond acceptors (Lipinski definition) is 2. The van der Waals surface area contributed by atoms with E-state index in [0.29, 0.717) is 11.3 Å². The number of nitrogens with one attached hydrogen (secondary N) is 1. The molecule has 17 heavy (non-hydrogen) atoms. The van der Waals surface area contributed by atoms with Crippen molar-refractivity contribution in [2.24, 2.45) is 0 Å². The van der Waals surface area contributed by atoms with Crippen molar-refractivity contribution in [1.82, 2.24) is 5.32 Å². The van der Waals surface area contributed by atoms with Crippen LogP contribution >= 0.6 is 15.9 Å². The summed E-state index contributed by atoms with van der Waals surface area (Å²) in [4.78, 5) is 0. The van der Waals surface area contributed by atoms with E-state index in [-0.39, 0.29) is 17.9 Å². The van der Waals surface area contributed by atoms with E-state index in [9.17, 15) is 8.60 Å². The van der Waals surface area contributed by atoms with Gasteiger partial charge in [-0.25, -0.2) is 4.39 Å². The molecule has 1 rings (SSSR count). The Morgan fingerprint density at radius 3 is 2.71 bits per heavy atom. The summed E-state index contributed by atoms with van der Waals surface area (Å²) < 4.78 is 25.6. The molecule has 0 aliphatic heterocycles. The lowest BCUT2D eigenvalue weighted by atomic mass is 10.1. The summed E-state index contributed by atoms with van der Waals surface area (Å²) in [5.41, 5.74) is 0.619. The van der Waals surface area contributed by atoms with Gasteiger partial charge in [-0.2, -0.15) is 0 Å². The van der Waals surface area contributed by atoms with Crippen LogP contribution in [0.5, 0.6) is 0 Å². The van der Waals surface area contributed by atoms with Gasteiger partial charge >= 0.3 is 0 Å². The van der Waals surface area contributed by atoms with Gasteiger partial charge in [0, 0.05) is 44.9 Å². The van der Waals surface area contributed by atoms with Crippen LogP contribution in [0.3, 0.4) is 0 Å². The average Bonchev–Trinajstić information content (AvgIpc) is 2.20. The number of halogens is 2. The summed E-state index contributed by atoms with van der Waals surface area (Å²) >= 11 is 3.33. The highest BCUT2D eigenvalue weighted by Crippen LogP contribution is 2.21. The molecule has 5 heteroatoms. The lowest BCUT2D eigenvalue weighted by molar-refractivity contribution is 0.485. The zero-order chi connectivity index (χ0) is 13.0. The van der Waals surface area contributed by atoms with E-state index >= 15 is 0 Å². The SMILES string of the molecule is CC(CS(C)=O)NC(C)c1cc(Br)ccc1F. The molecule has 0 fully saturated rings. The van der Waals surface area contributed by atoms with Gasteiger partial charge in [-0.15, -0.1) is 0 Å². The second-order valence-corrected chi connectivity index (χ2v) is 6.59. The molecule has 1 aromatic carbocycles. The van der Waals surface area contributed by atoms with Crippen molar-refractivity contribution in [1.29, 1.82) is 0 Å². The first-order valence-electron chi connectivity index (χ1n) is 5.41. The third-order valence-corrected chi connectivity index (χ3v) is 3.91. The van der Waals surface area contributed by atoms with Gasteiger partial charge in [0.25, 0.3) is 0 Å². The molecule has 3 unspecified atom stereocenters. The molecule has 0 saturated heterocycles. The van der Waals surface area contributed by atoms with Crippen LogP contribution in [0.1, 0.15) is 25.5 Å². The van der Waals surface area contributed by atoms with Crippen LogP contribution in [0.25, 0.3) is 0 Å². The Balaban J connectivity index is 2.72. The van der Waals surface area contributed by atoms with Crippen molar-refractivity contribution >= 4 is 26.7 Å². The second-order valence-electron chi connectivity index (χ2n) is 4.20. The zero-order valence-corrected chi connectivity index (χ0v) is 12.6. The summed E-state index contributed by atoms with van der Waals surface area (Å²) in [5.74, 6) is 0.345. The van der Waals surface area contributed by atoms with Gasteiger partial charge in [-0.3, -0.25) is 4.21 Å². The maximum atomic E-state index is 13.6. The molecule has 0 aliphatic carbocycles. The quantitative estimate of drug-likeness (QED) is 0.903. The van der Waals surface area contributed by atoms with E-state index in [1.165, 1.54) is 6.07 Å². The van der Waals surface area contributed by atoms with Crippen LogP contribution in [0.4, 0.5) is 4.39 Å². The van der Waals surface area contributed by atoms with Crippen LogP contribution in [-0.2, 0) is 10.8 Å². The van der Waals surface area contributed by atoms with E-state index in [2.05, 4.69) is 21.2 Å². The number of rotatable bonds is 5. The fourth-order valence-corrected chi connectivity index (χ4v) is 2.94. The molecule has 1 N–H and O–H groups in total.